The average molecular weight is 498 g/mol. The number of oxazole rings is 1. The molecule has 1 atom stereocenters. The number of fused-ring (bicyclic) bond motifs is 1. The fourth-order valence-electron chi connectivity index (χ4n) is 4.36. The lowest BCUT2D eigenvalue weighted by Gasteiger charge is -2.37. The Kier molecular flexibility index (Phi) is 7.13. The van der Waals surface area contributed by atoms with Crippen molar-refractivity contribution >= 4 is 23.4 Å². The maximum atomic E-state index is 11.3. The first-order valence-corrected chi connectivity index (χ1v) is 12.1. The SMILES string of the molecule is O=c1[nH]c2c(o1)C=C(OC[C@@H](O)CN1CCN(c3ccc(Oc4ccc(Cl)cc4)cc3)CC1)CC2. The zero-order valence-electron chi connectivity index (χ0n) is 19.3. The maximum Gasteiger partial charge on any atom is 0.417 e. The quantitative estimate of drug-likeness (QED) is 0.487. The van der Waals surface area contributed by atoms with E-state index in [1.807, 2.05) is 24.3 Å². The number of aliphatic hydroxyl groups is 1. The van der Waals surface area contributed by atoms with E-state index in [1.54, 1.807) is 18.2 Å². The van der Waals surface area contributed by atoms with E-state index in [9.17, 15) is 9.90 Å². The Morgan fingerprint density at radius 3 is 2.40 bits per heavy atom. The highest BCUT2D eigenvalue weighted by Gasteiger charge is 2.21. The Bertz CT molecular complexity index is 1210. The summed E-state index contributed by atoms with van der Waals surface area (Å²) in [7, 11) is 0. The Balaban J connectivity index is 1.05. The van der Waals surface area contributed by atoms with Gasteiger partial charge in [-0.1, -0.05) is 11.6 Å². The van der Waals surface area contributed by atoms with Crippen molar-refractivity contribution in [3.63, 3.8) is 0 Å². The number of hydrogen-bond donors (Lipinski definition) is 2. The van der Waals surface area contributed by atoms with Crippen LogP contribution in [-0.2, 0) is 11.2 Å². The number of aliphatic hydroxyl groups excluding tert-OH is 1. The number of benzene rings is 2. The molecule has 5 rings (SSSR count). The molecular weight excluding hydrogens is 470 g/mol. The number of piperazine rings is 1. The number of anilines is 1. The number of H-pyrrole nitrogens is 1. The van der Waals surface area contributed by atoms with Crippen molar-refractivity contribution in [1.82, 2.24) is 9.88 Å². The molecule has 0 amide bonds. The number of aryl methyl sites for hydroxylation is 1. The summed E-state index contributed by atoms with van der Waals surface area (Å²) in [6.07, 6.45) is 2.48. The van der Waals surface area contributed by atoms with Gasteiger partial charge in [0, 0.05) is 55.9 Å². The normalized spacial score (nSPS) is 17.0. The second-order valence-corrected chi connectivity index (χ2v) is 9.21. The lowest BCUT2D eigenvalue weighted by Crippen LogP contribution is -2.49. The molecule has 0 unspecified atom stereocenters. The number of β-amino-alcohol motifs (C(OH)–C–C–N with tert-alkyl or cyclic N) is 1. The van der Waals surface area contributed by atoms with Crippen LogP contribution in [0.2, 0.25) is 5.02 Å². The van der Waals surface area contributed by atoms with E-state index in [4.69, 9.17) is 25.5 Å². The van der Waals surface area contributed by atoms with E-state index >= 15 is 0 Å². The molecule has 0 radical (unpaired) electrons. The van der Waals surface area contributed by atoms with Crippen LogP contribution in [0.5, 0.6) is 11.5 Å². The third kappa shape index (κ3) is 6.08. The second-order valence-electron chi connectivity index (χ2n) is 8.77. The highest BCUT2D eigenvalue weighted by atomic mass is 35.5. The van der Waals surface area contributed by atoms with Crippen LogP contribution < -0.4 is 15.4 Å². The van der Waals surface area contributed by atoms with Crippen molar-refractivity contribution in [3.8, 4) is 11.5 Å². The van der Waals surface area contributed by atoms with Gasteiger partial charge in [0.2, 0.25) is 0 Å². The minimum Gasteiger partial charge on any atom is -0.495 e. The first-order valence-electron chi connectivity index (χ1n) is 11.8. The van der Waals surface area contributed by atoms with Gasteiger partial charge in [-0.3, -0.25) is 9.88 Å². The first kappa shape index (κ1) is 23.5. The van der Waals surface area contributed by atoms with Crippen molar-refractivity contribution in [2.45, 2.75) is 18.9 Å². The van der Waals surface area contributed by atoms with E-state index in [0.29, 0.717) is 30.2 Å². The van der Waals surface area contributed by atoms with Crippen LogP contribution in [0, 0.1) is 0 Å². The molecule has 2 aliphatic rings. The molecule has 35 heavy (non-hydrogen) atoms. The topological polar surface area (TPSA) is 91.2 Å². The molecule has 1 fully saturated rings. The standard InChI is InChI=1S/C26H28ClN3O5/c27-18-1-5-21(6-2-18)34-22-7-3-19(4-8-22)30-13-11-29(12-14-30)16-20(31)17-33-23-9-10-24-25(15-23)35-26(32)28-24/h1-8,15,20,31H,9-14,16-17H2,(H,28,32)/t20-/m0/s1. The predicted octanol–water partition coefficient (Wildman–Crippen LogP) is 3.90. The molecule has 8 nitrogen and oxygen atoms in total. The summed E-state index contributed by atoms with van der Waals surface area (Å²) in [4.78, 5) is 18.6. The van der Waals surface area contributed by atoms with Gasteiger partial charge in [-0.05, 0) is 55.0 Å². The number of hydrogen-bond acceptors (Lipinski definition) is 7. The van der Waals surface area contributed by atoms with E-state index in [2.05, 4.69) is 26.9 Å². The van der Waals surface area contributed by atoms with Crippen LogP contribution in [0.15, 0.2) is 63.5 Å². The number of allylic oxidation sites excluding steroid dienone is 1. The van der Waals surface area contributed by atoms with E-state index in [1.165, 1.54) is 0 Å². The third-order valence-electron chi connectivity index (χ3n) is 6.22. The molecule has 1 saturated heterocycles. The van der Waals surface area contributed by atoms with Gasteiger partial charge < -0.3 is 23.9 Å². The molecule has 0 saturated carbocycles. The smallest absolute Gasteiger partial charge is 0.417 e. The average Bonchev–Trinajstić information content (AvgIpc) is 3.24. The number of ether oxygens (including phenoxy) is 2. The molecule has 2 heterocycles. The van der Waals surface area contributed by atoms with Crippen LogP contribution in [0.25, 0.3) is 6.08 Å². The maximum absolute atomic E-state index is 11.3. The summed E-state index contributed by atoms with van der Waals surface area (Å²) >= 11 is 5.92. The minimum absolute atomic E-state index is 0.213. The molecular formula is C26H28ClN3O5. The summed E-state index contributed by atoms with van der Waals surface area (Å²) in [5.74, 6) is 2.33. The highest BCUT2D eigenvalue weighted by Crippen LogP contribution is 2.26. The zero-order chi connectivity index (χ0) is 24.2. The molecule has 0 spiro atoms. The number of nitrogens with zero attached hydrogens (tertiary/aromatic N) is 2. The first-order chi connectivity index (χ1) is 17.0. The Morgan fingerprint density at radius 2 is 1.69 bits per heavy atom. The van der Waals surface area contributed by atoms with Crippen LogP contribution >= 0.6 is 11.6 Å². The van der Waals surface area contributed by atoms with Crippen molar-refractivity contribution in [2.24, 2.45) is 0 Å². The largest absolute Gasteiger partial charge is 0.495 e. The molecule has 1 aliphatic carbocycles. The highest BCUT2D eigenvalue weighted by molar-refractivity contribution is 6.30. The van der Waals surface area contributed by atoms with Crippen molar-refractivity contribution in [2.75, 3.05) is 44.2 Å². The van der Waals surface area contributed by atoms with Crippen molar-refractivity contribution in [3.05, 3.63) is 81.3 Å². The molecule has 2 N–H and O–H groups in total. The van der Waals surface area contributed by atoms with Gasteiger partial charge in [0.15, 0.2) is 5.76 Å². The van der Waals surface area contributed by atoms with Gasteiger partial charge in [0.25, 0.3) is 0 Å². The molecule has 9 heteroatoms. The molecule has 1 aliphatic heterocycles. The van der Waals surface area contributed by atoms with Gasteiger partial charge in [-0.25, -0.2) is 4.79 Å². The predicted molar refractivity (Wildman–Crippen MR) is 134 cm³/mol. The van der Waals surface area contributed by atoms with Gasteiger partial charge in [-0.2, -0.15) is 0 Å². The molecule has 1 aromatic heterocycles. The van der Waals surface area contributed by atoms with Crippen LogP contribution in [0.1, 0.15) is 17.9 Å². The molecule has 0 bridgehead atoms. The van der Waals surface area contributed by atoms with Crippen LogP contribution in [0.4, 0.5) is 5.69 Å². The van der Waals surface area contributed by atoms with E-state index < -0.39 is 11.9 Å². The molecule has 3 aromatic rings. The third-order valence-corrected chi connectivity index (χ3v) is 6.47. The summed E-state index contributed by atoms with van der Waals surface area (Å²) in [5, 5.41) is 11.2. The van der Waals surface area contributed by atoms with Gasteiger partial charge in [0.05, 0.1) is 5.69 Å². The zero-order valence-corrected chi connectivity index (χ0v) is 20.0. The van der Waals surface area contributed by atoms with Crippen LogP contribution in [-0.4, -0.2) is 60.4 Å². The monoisotopic (exact) mass is 497 g/mol. The Morgan fingerprint density at radius 1 is 1.00 bits per heavy atom. The summed E-state index contributed by atoms with van der Waals surface area (Å²) in [6, 6.07) is 15.4. The van der Waals surface area contributed by atoms with E-state index in [-0.39, 0.29) is 6.61 Å². The number of aromatic amines is 1. The number of halogens is 1. The summed E-state index contributed by atoms with van der Waals surface area (Å²) in [5.41, 5.74) is 1.95. The lowest BCUT2D eigenvalue weighted by molar-refractivity contribution is 0.0400. The number of rotatable bonds is 8. The second kappa shape index (κ2) is 10.6. The summed E-state index contributed by atoms with van der Waals surface area (Å²) in [6.45, 7) is 4.25. The molecule has 2 aromatic carbocycles. The van der Waals surface area contributed by atoms with Gasteiger partial charge in [0.1, 0.15) is 30.0 Å². The number of aromatic nitrogens is 1. The fraction of sp³-hybridized carbons (Fsp3) is 0.346. The van der Waals surface area contributed by atoms with E-state index in [0.717, 1.165) is 54.8 Å². The minimum atomic E-state index is -0.591. The van der Waals surface area contributed by atoms with Gasteiger partial charge >= 0.3 is 5.76 Å². The fourth-order valence-corrected chi connectivity index (χ4v) is 4.49. The van der Waals surface area contributed by atoms with Crippen molar-refractivity contribution in [1.29, 1.82) is 0 Å². The Labute approximate surface area is 208 Å². The van der Waals surface area contributed by atoms with Gasteiger partial charge in [-0.15, -0.1) is 0 Å². The number of nitrogens with one attached hydrogen (secondary N) is 1. The Hall–Kier alpha value is -3.20. The summed E-state index contributed by atoms with van der Waals surface area (Å²) < 4.78 is 16.7. The molecule has 184 valence electrons. The van der Waals surface area contributed by atoms with Crippen molar-refractivity contribution < 1.29 is 19.0 Å². The lowest BCUT2D eigenvalue weighted by atomic mass is 10.1. The van der Waals surface area contributed by atoms with Crippen LogP contribution in [0.3, 0.4) is 0 Å².